The van der Waals surface area contributed by atoms with Gasteiger partial charge in [0.2, 0.25) is 5.75 Å². The number of likely N-dealkylation sites (N-methyl/N-ethyl adjacent to an activating group) is 1. The molecule has 0 bridgehead atoms. The van der Waals surface area contributed by atoms with Gasteiger partial charge in [0.05, 0.1) is 45.3 Å². The smallest absolute Gasteiger partial charge is 0.415 e. The predicted molar refractivity (Wildman–Crippen MR) is 177 cm³/mol. The molecule has 0 unspecified atom stereocenters. The number of halogens is 1. The Morgan fingerprint density at radius 1 is 0.979 bits per heavy atom. The number of ether oxygens (including phenoxy) is 5. The number of carbonyl (C=O) groups excluding carboxylic acids is 3. The minimum Gasteiger partial charge on any atom is -0.493 e. The van der Waals surface area contributed by atoms with Crippen molar-refractivity contribution < 1.29 is 43.2 Å². The average molecular weight is 717 g/mol. The van der Waals surface area contributed by atoms with Gasteiger partial charge in [0.15, 0.2) is 22.8 Å². The summed E-state index contributed by atoms with van der Waals surface area (Å²) >= 11 is 3.59. The van der Waals surface area contributed by atoms with Crippen molar-refractivity contribution in [1.29, 1.82) is 0 Å². The lowest BCUT2D eigenvalue weighted by Gasteiger charge is -2.31. The molecule has 4 heterocycles. The number of rotatable bonds is 7. The van der Waals surface area contributed by atoms with Crippen molar-refractivity contribution >= 4 is 56.2 Å². The summed E-state index contributed by atoms with van der Waals surface area (Å²) in [6.07, 6.45) is -1.93. The Morgan fingerprint density at radius 3 is 2.30 bits per heavy atom. The monoisotopic (exact) mass is 715 g/mol. The van der Waals surface area contributed by atoms with Crippen molar-refractivity contribution in [2.75, 3.05) is 83.8 Å². The van der Waals surface area contributed by atoms with Gasteiger partial charge in [-0.2, -0.15) is 0 Å². The van der Waals surface area contributed by atoms with Crippen LogP contribution in [0.1, 0.15) is 40.6 Å². The first-order valence-corrected chi connectivity index (χ1v) is 16.2. The number of amides is 2. The van der Waals surface area contributed by atoms with E-state index in [-0.39, 0.29) is 29.8 Å². The Labute approximate surface area is 279 Å². The van der Waals surface area contributed by atoms with E-state index in [0.29, 0.717) is 82.2 Å². The van der Waals surface area contributed by atoms with Gasteiger partial charge in [-0.3, -0.25) is 4.79 Å². The Kier molecular flexibility index (Phi) is 8.65. The van der Waals surface area contributed by atoms with Crippen LogP contribution in [0.5, 0.6) is 23.0 Å². The Hall–Kier alpha value is -4.21. The molecule has 1 fully saturated rings. The van der Waals surface area contributed by atoms with Gasteiger partial charge in [-0.15, -0.1) is 0 Å². The van der Waals surface area contributed by atoms with Gasteiger partial charge in [-0.05, 0) is 31.7 Å². The summed E-state index contributed by atoms with van der Waals surface area (Å²) in [6.45, 7) is 4.13. The first kappa shape index (κ1) is 32.7. The average Bonchev–Trinajstić information content (AvgIpc) is 3.75. The molecule has 6 rings (SSSR count). The minimum absolute atomic E-state index is 0.0927. The highest BCUT2D eigenvalue weighted by molar-refractivity contribution is 9.09. The molecule has 1 aromatic heterocycles. The molecular weight excluding hydrogens is 678 g/mol. The molecular formula is C32H38BrN5O9. The lowest BCUT2D eigenvalue weighted by atomic mass is 9.88. The molecule has 3 N–H and O–H groups in total. The number of anilines is 2. The second-order valence-corrected chi connectivity index (χ2v) is 12.7. The summed E-state index contributed by atoms with van der Waals surface area (Å²) in [5.74, 6) is -0.0158. The quantitative estimate of drug-likeness (QED) is 0.243. The number of esters is 1. The Bertz CT molecular complexity index is 1750. The third-order valence-corrected chi connectivity index (χ3v) is 10.1. The van der Waals surface area contributed by atoms with Gasteiger partial charge in [-0.25, -0.2) is 9.59 Å². The van der Waals surface area contributed by atoms with Crippen LogP contribution >= 0.6 is 15.9 Å². The number of methoxy groups -OCH3 is 4. The molecule has 14 nitrogen and oxygen atoms in total. The second-order valence-electron chi connectivity index (χ2n) is 12.0. The van der Waals surface area contributed by atoms with E-state index < -0.39 is 23.7 Å². The highest BCUT2D eigenvalue weighted by Crippen LogP contribution is 2.55. The van der Waals surface area contributed by atoms with Crippen LogP contribution in [0.15, 0.2) is 18.2 Å². The van der Waals surface area contributed by atoms with Gasteiger partial charge >= 0.3 is 12.1 Å². The van der Waals surface area contributed by atoms with Crippen LogP contribution in [0.25, 0.3) is 10.9 Å². The standard InChI is InChI=1S/C32H38BrN5O9/c1-32(30(41)46-6)28(39)23-22-17(14-33)15-38(19(22)13-20(25(23)35-32)47-31(42)37-9-7-36(2)8-10-37)29(40)18-11-16-12-21(43-3)26(44-4)27(45-5)24(16)34-18/h11-13,17,28,34-35,39H,7-10,14-15H2,1-6H3/t17-,28-,32-/m1/s1. The van der Waals surface area contributed by atoms with Crippen molar-refractivity contribution in [3.8, 4) is 23.0 Å². The van der Waals surface area contributed by atoms with Crippen molar-refractivity contribution in [1.82, 2.24) is 14.8 Å². The maximum Gasteiger partial charge on any atom is 0.415 e. The van der Waals surface area contributed by atoms with Crippen LogP contribution in [-0.4, -0.2) is 117 Å². The Morgan fingerprint density at radius 2 is 1.68 bits per heavy atom. The van der Waals surface area contributed by atoms with E-state index in [0.717, 1.165) is 0 Å². The predicted octanol–water partition coefficient (Wildman–Crippen LogP) is 3.47. The van der Waals surface area contributed by atoms with Gasteiger partial charge in [-0.1, -0.05) is 15.9 Å². The molecule has 3 aliphatic rings. The molecule has 3 atom stereocenters. The largest absolute Gasteiger partial charge is 0.493 e. The number of aliphatic hydroxyl groups is 1. The van der Waals surface area contributed by atoms with Gasteiger partial charge < -0.3 is 53.8 Å². The van der Waals surface area contributed by atoms with E-state index in [1.807, 2.05) is 7.05 Å². The van der Waals surface area contributed by atoms with E-state index in [4.69, 9.17) is 23.7 Å². The lowest BCUT2D eigenvalue weighted by Crippen LogP contribution is -2.48. The molecule has 15 heteroatoms. The van der Waals surface area contributed by atoms with Crippen LogP contribution in [0.2, 0.25) is 0 Å². The number of aromatic amines is 1. The summed E-state index contributed by atoms with van der Waals surface area (Å²) in [4.78, 5) is 49.2. The first-order chi connectivity index (χ1) is 22.5. The molecule has 0 spiro atoms. The number of fused-ring (bicyclic) bond motifs is 4. The van der Waals surface area contributed by atoms with Gasteiger partial charge in [0.1, 0.15) is 11.8 Å². The van der Waals surface area contributed by atoms with Crippen LogP contribution in [-0.2, 0) is 9.53 Å². The normalized spacial score (nSPS) is 22.0. The molecule has 3 aromatic rings. The fourth-order valence-electron chi connectivity index (χ4n) is 6.70. The number of H-pyrrole nitrogens is 1. The highest BCUT2D eigenvalue weighted by Gasteiger charge is 2.53. The van der Waals surface area contributed by atoms with Gasteiger partial charge in [0.25, 0.3) is 5.91 Å². The van der Waals surface area contributed by atoms with E-state index in [1.165, 1.54) is 35.4 Å². The number of alkyl halides is 1. The molecule has 0 aliphatic carbocycles. The zero-order chi connectivity index (χ0) is 33.8. The van der Waals surface area contributed by atoms with Crippen LogP contribution in [0.3, 0.4) is 0 Å². The summed E-state index contributed by atoms with van der Waals surface area (Å²) in [6, 6.07) is 5.08. The summed E-state index contributed by atoms with van der Waals surface area (Å²) < 4.78 is 27.7. The van der Waals surface area contributed by atoms with Crippen molar-refractivity contribution in [2.45, 2.75) is 24.5 Å². The SMILES string of the molecule is COC(=O)[C@]1(C)Nc2c(OC(=O)N3CCN(C)CC3)cc3c(c2[C@H]1O)[C@H](CBr)CN3C(=O)c1cc2cc(OC)c(OC)c(OC)c2[nH]1. The van der Waals surface area contributed by atoms with Gasteiger partial charge in [0, 0.05) is 61.0 Å². The molecule has 3 aliphatic heterocycles. The number of piperazine rings is 1. The highest BCUT2D eigenvalue weighted by atomic mass is 79.9. The number of aromatic nitrogens is 1. The van der Waals surface area contributed by atoms with Crippen molar-refractivity contribution in [2.24, 2.45) is 0 Å². The van der Waals surface area contributed by atoms with E-state index in [9.17, 15) is 19.5 Å². The number of nitrogens with one attached hydrogen (secondary N) is 2. The number of carbonyl (C=O) groups is 3. The number of nitrogens with zero attached hydrogens (tertiary/aromatic N) is 3. The van der Waals surface area contributed by atoms with Crippen LogP contribution < -0.4 is 29.2 Å². The third kappa shape index (κ3) is 5.20. The molecule has 47 heavy (non-hydrogen) atoms. The van der Waals surface area contributed by atoms with Crippen molar-refractivity contribution in [3.05, 3.63) is 35.0 Å². The fraction of sp³-hybridized carbons (Fsp3) is 0.469. The summed E-state index contributed by atoms with van der Waals surface area (Å²) in [7, 11) is 7.75. The Balaban J connectivity index is 1.46. The zero-order valence-electron chi connectivity index (χ0n) is 27.1. The van der Waals surface area contributed by atoms with E-state index in [2.05, 4.69) is 31.1 Å². The topological polar surface area (TPSA) is 155 Å². The zero-order valence-corrected chi connectivity index (χ0v) is 28.6. The van der Waals surface area contributed by atoms with Crippen molar-refractivity contribution in [3.63, 3.8) is 0 Å². The molecule has 252 valence electrons. The number of aliphatic hydroxyl groups excluding tert-OH is 1. The summed E-state index contributed by atoms with van der Waals surface area (Å²) in [5, 5.41) is 16.0. The van der Waals surface area contributed by atoms with Crippen LogP contribution in [0, 0.1) is 0 Å². The molecule has 0 radical (unpaired) electrons. The molecule has 2 aromatic carbocycles. The van der Waals surface area contributed by atoms with E-state index in [1.54, 1.807) is 28.0 Å². The number of benzene rings is 2. The fourth-order valence-corrected chi connectivity index (χ4v) is 7.23. The van der Waals surface area contributed by atoms with E-state index >= 15 is 0 Å². The maximum absolute atomic E-state index is 14.3. The second kappa shape index (κ2) is 12.4. The minimum atomic E-state index is -1.57. The maximum atomic E-state index is 14.3. The summed E-state index contributed by atoms with van der Waals surface area (Å²) in [5.41, 5.74) is 1.05. The van der Waals surface area contributed by atoms with Crippen LogP contribution in [0.4, 0.5) is 16.2 Å². The third-order valence-electron chi connectivity index (χ3n) is 9.31. The molecule has 2 amide bonds. The number of hydrogen-bond donors (Lipinski definition) is 3. The first-order valence-electron chi connectivity index (χ1n) is 15.1. The number of hydrogen-bond acceptors (Lipinski definition) is 11. The lowest BCUT2D eigenvalue weighted by molar-refractivity contribution is -0.149. The molecule has 1 saturated heterocycles. The molecule has 0 saturated carbocycles.